The summed E-state index contributed by atoms with van der Waals surface area (Å²) in [7, 11) is 1.34. The first-order valence-electron chi connectivity index (χ1n) is 10.3. The Balaban J connectivity index is 1.75. The molecule has 5 rings (SSSR count). The van der Waals surface area contributed by atoms with Crippen LogP contribution in [-0.4, -0.2) is 24.4 Å². The summed E-state index contributed by atoms with van der Waals surface area (Å²) in [5, 5.41) is 0. The van der Waals surface area contributed by atoms with E-state index < -0.39 is 12.0 Å². The monoisotopic (exact) mass is 526 g/mol. The van der Waals surface area contributed by atoms with Gasteiger partial charge in [0.2, 0.25) is 6.79 Å². The van der Waals surface area contributed by atoms with Gasteiger partial charge in [-0.25, -0.2) is 9.79 Å². The van der Waals surface area contributed by atoms with Crippen LogP contribution in [0, 0.1) is 0 Å². The molecule has 1 aromatic heterocycles. The molecule has 0 unspecified atom stereocenters. The summed E-state index contributed by atoms with van der Waals surface area (Å²) in [5.74, 6) is 0.790. The van der Waals surface area contributed by atoms with E-state index in [0.29, 0.717) is 38.5 Å². The van der Waals surface area contributed by atoms with Crippen molar-refractivity contribution in [3.63, 3.8) is 0 Å². The van der Waals surface area contributed by atoms with Crippen molar-refractivity contribution in [2.75, 3.05) is 13.9 Å². The Morgan fingerprint density at radius 1 is 1.27 bits per heavy atom. The number of fused-ring (bicyclic) bond motifs is 2. The number of benzene rings is 2. The van der Waals surface area contributed by atoms with Gasteiger partial charge in [0.05, 0.1) is 29.0 Å². The number of carbonyl (C=O) groups is 1. The summed E-state index contributed by atoms with van der Waals surface area (Å²) in [4.78, 5) is 31.7. The molecule has 0 saturated heterocycles. The number of methoxy groups -OCH3 is 1. The first-order valence-corrected chi connectivity index (χ1v) is 11.9. The molecule has 168 valence electrons. The average Bonchev–Trinajstić information content (AvgIpc) is 3.41. The first kappa shape index (κ1) is 21.7. The lowest BCUT2D eigenvalue weighted by molar-refractivity contribution is -0.136. The zero-order chi connectivity index (χ0) is 23.1. The number of aromatic nitrogens is 1. The Kier molecular flexibility index (Phi) is 5.67. The Bertz CT molecular complexity index is 1470. The third kappa shape index (κ3) is 3.71. The number of allylic oxidation sites excluding steroid dienone is 1. The van der Waals surface area contributed by atoms with E-state index in [1.54, 1.807) is 10.6 Å². The van der Waals surface area contributed by atoms with E-state index in [9.17, 15) is 9.59 Å². The molecule has 0 spiro atoms. The summed E-state index contributed by atoms with van der Waals surface area (Å²) < 4.78 is 18.8. The zero-order valence-electron chi connectivity index (χ0n) is 17.8. The predicted octanol–water partition coefficient (Wildman–Crippen LogP) is 3.29. The number of carbonyl (C=O) groups excluding carboxylic acids is 1. The van der Waals surface area contributed by atoms with Crippen LogP contribution in [0.3, 0.4) is 0 Å². The highest BCUT2D eigenvalue weighted by molar-refractivity contribution is 9.10. The molecule has 0 amide bonds. The van der Waals surface area contributed by atoms with E-state index in [-0.39, 0.29) is 12.4 Å². The quantitative estimate of drug-likeness (QED) is 0.487. The van der Waals surface area contributed by atoms with E-state index in [1.807, 2.05) is 49.4 Å². The number of rotatable bonds is 4. The lowest BCUT2D eigenvalue weighted by atomic mass is 9.95. The molecule has 7 nitrogen and oxygen atoms in total. The highest BCUT2D eigenvalue weighted by Gasteiger charge is 2.33. The number of hydrogen-bond acceptors (Lipinski definition) is 7. The van der Waals surface area contributed by atoms with Gasteiger partial charge in [0.1, 0.15) is 0 Å². The van der Waals surface area contributed by atoms with Gasteiger partial charge < -0.3 is 14.2 Å². The zero-order valence-corrected chi connectivity index (χ0v) is 20.2. The van der Waals surface area contributed by atoms with Crippen LogP contribution in [-0.2, 0) is 9.53 Å². The molecule has 2 aliphatic heterocycles. The van der Waals surface area contributed by atoms with Crippen molar-refractivity contribution >= 4 is 39.3 Å². The average molecular weight is 527 g/mol. The number of ether oxygens (including phenoxy) is 3. The van der Waals surface area contributed by atoms with Gasteiger partial charge in [0, 0.05) is 4.47 Å². The van der Waals surface area contributed by atoms with Gasteiger partial charge in [-0.05, 0) is 35.8 Å². The van der Waals surface area contributed by atoms with E-state index >= 15 is 0 Å². The van der Waals surface area contributed by atoms with Crippen LogP contribution in [0.4, 0.5) is 0 Å². The van der Waals surface area contributed by atoms with E-state index in [2.05, 4.69) is 20.9 Å². The van der Waals surface area contributed by atoms with Crippen LogP contribution >= 0.6 is 27.3 Å². The Labute approximate surface area is 201 Å². The number of thiazole rings is 1. The van der Waals surface area contributed by atoms with Crippen molar-refractivity contribution in [3.8, 4) is 11.5 Å². The molecule has 3 aromatic rings. The fourth-order valence-electron chi connectivity index (χ4n) is 4.00. The molecule has 33 heavy (non-hydrogen) atoms. The largest absolute Gasteiger partial charge is 0.466 e. The van der Waals surface area contributed by atoms with E-state index in [1.165, 1.54) is 18.4 Å². The summed E-state index contributed by atoms with van der Waals surface area (Å²) in [6.07, 6.45) is 2.33. The molecule has 0 bridgehead atoms. The smallest absolute Gasteiger partial charge is 0.338 e. The van der Waals surface area contributed by atoms with Crippen molar-refractivity contribution < 1.29 is 19.0 Å². The molecular weight excluding hydrogens is 508 g/mol. The highest BCUT2D eigenvalue weighted by Crippen LogP contribution is 2.37. The minimum Gasteiger partial charge on any atom is -0.466 e. The van der Waals surface area contributed by atoms with Crippen molar-refractivity contribution in [2.45, 2.75) is 19.4 Å². The van der Waals surface area contributed by atoms with Gasteiger partial charge in [0.25, 0.3) is 5.56 Å². The third-order valence-electron chi connectivity index (χ3n) is 5.54. The second-order valence-electron chi connectivity index (χ2n) is 7.43. The molecule has 2 aromatic carbocycles. The van der Waals surface area contributed by atoms with E-state index in [4.69, 9.17) is 14.2 Å². The van der Waals surface area contributed by atoms with Crippen molar-refractivity contribution in [1.29, 1.82) is 0 Å². The van der Waals surface area contributed by atoms with E-state index in [0.717, 1.165) is 15.6 Å². The second-order valence-corrected chi connectivity index (χ2v) is 9.29. The molecule has 9 heteroatoms. The molecule has 2 aliphatic rings. The van der Waals surface area contributed by atoms with Gasteiger partial charge in [0.15, 0.2) is 16.3 Å². The van der Waals surface area contributed by atoms with Crippen molar-refractivity contribution in [1.82, 2.24) is 4.57 Å². The van der Waals surface area contributed by atoms with Crippen LogP contribution in [0.25, 0.3) is 6.08 Å². The van der Waals surface area contributed by atoms with Gasteiger partial charge in [-0.2, -0.15) is 0 Å². The van der Waals surface area contributed by atoms with Crippen molar-refractivity contribution in [2.24, 2.45) is 4.99 Å². The normalized spacial score (nSPS) is 17.1. The molecule has 3 heterocycles. The molecule has 0 aliphatic carbocycles. The van der Waals surface area contributed by atoms with Crippen LogP contribution in [0.1, 0.15) is 30.5 Å². The lowest BCUT2D eigenvalue weighted by Gasteiger charge is -2.25. The topological polar surface area (TPSA) is 79.1 Å². The summed E-state index contributed by atoms with van der Waals surface area (Å²) >= 11 is 4.83. The minimum atomic E-state index is -0.618. The van der Waals surface area contributed by atoms with Crippen LogP contribution < -0.4 is 24.4 Å². The molecule has 0 saturated carbocycles. The third-order valence-corrected chi connectivity index (χ3v) is 7.21. The fraction of sp³-hybridized carbons (Fsp3) is 0.208. The number of hydrogen-bond donors (Lipinski definition) is 0. The summed E-state index contributed by atoms with van der Waals surface area (Å²) in [6.45, 7) is 2.10. The number of halogens is 1. The van der Waals surface area contributed by atoms with Gasteiger partial charge >= 0.3 is 5.97 Å². The van der Waals surface area contributed by atoms with Gasteiger partial charge in [-0.1, -0.05) is 64.5 Å². The SMILES string of the molecule is CCC1=C(C(=O)OC)[C@@H](c2ccccc2)n2c(s/c(=C/c3cc4c(cc3Br)OCO4)c2=O)=N1. The standard InChI is InChI=1S/C24H19BrN2O5S/c1-3-16-20(23(29)30-2)21(13-7-5-4-6-8-13)27-22(28)19(33-24(27)26-16)10-14-9-17-18(11-15(14)25)32-12-31-17/h4-11,21H,3,12H2,1-2H3/b19-10+/t21-/m1/s1. The molecule has 0 fully saturated rings. The number of nitrogens with zero attached hydrogens (tertiary/aromatic N) is 2. The molecule has 1 atom stereocenters. The molecule has 0 N–H and O–H groups in total. The first-order chi connectivity index (χ1) is 16.0. The number of esters is 1. The highest BCUT2D eigenvalue weighted by atomic mass is 79.9. The van der Waals surface area contributed by atoms with Crippen LogP contribution in [0.2, 0.25) is 0 Å². The Hall–Kier alpha value is -3.17. The predicted molar refractivity (Wildman–Crippen MR) is 127 cm³/mol. The second kappa shape index (κ2) is 8.64. The summed E-state index contributed by atoms with van der Waals surface area (Å²) in [5.41, 5.74) is 2.37. The minimum absolute atomic E-state index is 0.167. The maximum absolute atomic E-state index is 13.6. The molecular formula is C24H19BrN2O5S. The maximum Gasteiger partial charge on any atom is 0.338 e. The lowest BCUT2D eigenvalue weighted by Crippen LogP contribution is -2.40. The van der Waals surface area contributed by atoms with Crippen LogP contribution in [0.15, 0.2) is 68.0 Å². The van der Waals surface area contributed by atoms with Crippen molar-refractivity contribution in [3.05, 3.63) is 89.0 Å². The fourth-order valence-corrected chi connectivity index (χ4v) is 5.45. The Morgan fingerprint density at radius 3 is 2.70 bits per heavy atom. The van der Waals surface area contributed by atoms with Gasteiger partial charge in [-0.3, -0.25) is 9.36 Å². The van der Waals surface area contributed by atoms with Crippen LogP contribution in [0.5, 0.6) is 11.5 Å². The maximum atomic E-state index is 13.6. The molecule has 0 radical (unpaired) electrons. The van der Waals surface area contributed by atoms with Gasteiger partial charge in [-0.15, -0.1) is 0 Å². The summed E-state index contributed by atoms with van der Waals surface area (Å²) in [6, 6.07) is 12.5. The Morgan fingerprint density at radius 2 is 2.00 bits per heavy atom.